The number of hydrogen-bond donors (Lipinski definition) is 0. The van der Waals surface area contributed by atoms with Crippen molar-refractivity contribution in [2.75, 3.05) is 6.26 Å². The molecule has 15 heavy (non-hydrogen) atoms. The first-order valence-corrected chi connectivity index (χ1v) is 5.57. The van der Waals surface area contributed by atoms with Crippen molar-refractivity contribution in [1.29, 1.82) is 0 Å². The van der Waals surface area contributed by atoms with Gasteiger partial charge in [-0.3, -0.25) is 4.21 Å². The van der Waals surface area contributed by atoms with Crippen LogP contribution >= 0.6 is 0 Å². The zero-order valence-electron chi connectivity index (χ0n) is 8.54. The smallest absolute Gasteiger partial charge is 0.449 e. The van der Waals surface area contributed by atoms with Gasteiger partial charge < -0.3 is 12.9 Å². The Morgan fingerprint density at radius 3 is 2.00 bits per heavy atom. The Bertz CT molecular complexity index is 339. The van der Waals surface area contributed by atoms with Gasteiger partial charge in [-0.15, -0.1) is 0 Å². The summed E-state index contributed by atoms with van der Waals surface area (Å²) in [7, 11) is -1.14. The summed E-state index contributed by atoms with van der Waals surface area (Å²) < 4.78 is 46.9. The molecular formula is C8H9BF3KOS. The van der Waals surface area contributed by atoms with E-state index in [2.05, 4.69) is 0 Å². The number of benzene rings is 1. The standard InChI is InChI=1S/C8H9BF3OS.K/c1-14(13)8-4-2-7(3-5-8)6-9(10,11)12;/h2-5H,6H2,1H3;/q-1;+1. The van der Waals surface area contributed by atoms with Gasteiger partial charge >= 0.3 is 58.4 Å². The van der Waals surface area contributed by atoms with E-state index in [9.17, 15) is 17.2 Å². The molecule has 0 fully saturated rings. The molecule has 0 spiro atoms. The predicted molar refractivity (Wildman–Crippen MR) is 51.6 cm³/mol. The van der Waals surface area contributed by atoms with Crippen molar-refractivity contribution in [1.82, 2.24) is 0 Å². The molecule has 0 saturated carbocycles. The molecule has 0 aliphatic carbocycles. The minimum absolute atomic E-state index is 0. The van der Waals surface area contributed by atoms with Crippen LogP contribution in [0.15, 0.2) is 29.2 Å². The summed E-state index contributed by atoms with van der Waals surface area (Å²) in [5.41, 5.74) is 0.215. The van der Waals surface area contributed by atoms with Crippen molar-refractivity contribution in [3.05, 3.63) is 29.8 Å². The molecule has 1 aromatic carbocycles. The monoisotopic (exact) mass is 260 g/mol. The normalized spacial score (nSPS) is 13.1. The molecular weight excluding hydrogens is 251 g/mol. The molecule has 0 saturated heterocycles. The Morgan fingerprint density at radius 1 is 1.20 bits per heavy atom. The number of hydrogen-bond acceptors (Lipinski definition) is 1. The van der Waals surface area contributed by atoms with Gasteiger partial charge in [0.2, 0.25) is 0 Å². The third-order valence-electron chi connectivity index (χ3n) is 1.72. The molecule has 0 amide bonds. The van der Waals surface area contributed by atoms with E-state index in [0.29, 0.717) is 4.90 Å². The summed E-state index contributed by atoms with van der Waals surface area (Å²) in [5, 5.41) is 0. The van der Waals surface area contributed by atoms with Crippen molar-refractivity contribution in [3.8, 4) is 0 Å². The summed E-state index contributed by atoms with van der Waals surface area (Å²) in [6.45, 7) is -4.79. The second-order valence-corrected chi connectivity index (χ2v) is 4.39. The van der Waals surface area contributed by atoms with Crippen LogP contribution in [-0.4, -0.2) is 17.4 Å². The maximum absolute atomic E-state index is 12.0. The average Bonchev–Trinajstić information content (AvgIpc) is 2.02. The van der Waals surface area contributed by atoms with Gasteiger partial charge in [-0.25, -0.2) is 0 Å². The van der Waals surface area contributed by atoms with Gasteiger partial charge in [0.1, 0.15) is 0 Å². The SMILES string of the molecule is CS(=O)c1ccc(C[B-](F)(F)F)cc1.[K+]. The molecule has 0 aliphatic heterocycles. The molecule has 0 aliphatic rings. The van der Waals surface area contributed by atoms with E-state index in [1.54, 1.807) is 0 Å². The number of halogens is 3. The van der Waals surface area contributed by atoms with Gasteiger partial charge in [0.15, 0.2) is 0 Å². The van der Waals surface area contributed by atoms with E-state index in [0.717, 1.165) is 0 Å². The molecule has 1 aromatic rings. The van der Waals surface area contributed by atoms with Crippen LogP contribution in [0.3, 0.4) is 0 Å². The Hall–Kier alpha value is 0.861. The Labute approximate surface area is 132 Å². The maximum atomic E-state index is 12.0. The molecule has 7 heteroatoms. The van der Waals surface area contributed by atoms with Crippen LogP contribution in [0.25, 0.3) is 0 Å². The zero-order chi connectivity index (χ0) is 10.8. The summed E-state index contributed by atoms with van der Waals surface area (Å²) in [5.74, 6) is 0. The fourth-order valence-corrected chi connectivity index (χ4v) is 1.60. The Balaban J connectivity index is 0.00000196. The minimum atomic E-state index is -4.79. The molecule has 0 bridgehead atoms. The molecule has 1 atom stereocenters. The van der Waals surface area contributed by atoms with Crippen LogP contribution in [0, 0.1) is 0 Å². The van der Waals surface area contributed by atoms with Gasteiger partial charge in [0.05, 0.1) is 0 Å². The van der Waals surface area contributed by atoms with Crippen molar-refractivity contribution in [2.45, 2.75) is 11.2 Å². The molecule has 0 heterocycles. The van der Waals surface area contributed by atoms with E-state index < -0.39 is 24.1 Å². The summed E-state index contributed by atoms with van der Waals surface area (Å²) in [6, 6.07) is 5.67. The number of rotatable bonds is 3. The van der Waals surface area contributed by atoms with E-state index >= 15 is 0 Å². The van der Waals surface area contributed by atoms with Crippen LogP contribution in [0.4, 0.5) is 12.9 Å². The van der Waals surface area contributed by atoms with Crippen molar-refractivity contribution >= 4 is 17.8 Å². The van der Waals surface area contributed by atoms with Crippen molar-refractivity contribution in [3.63, 3.8) is 0 Å². The molecule has 0 radical (unpaired) electrons. The first kappa shape index (κ1) is 15.9. The van der Waals surface area contributed by atoms with Gasteiger partial charge in [-0.1, -0.05) is 24.0 Å². The first-order valence-electron chi connectivity index (χ1n) is 4.02. The van der Waals surface area contributed by atoms with E-state index in [1.165, 1.54) is 30.5 Å². The maximum Gasteiger partial charge on any atom is 1.00 e. The van der Waals surface area contributed by atoms with E-state index in [4.69, 9.17) is 0 Å². The first-order chi connectivity index (χ1) is 6.38. The third-order valence-corrected chi connectivity index (χ3v) is 2.66. The van der Waals surface area contributed by atoms with E-state index in [-0.39, 0.29) is 56.9 Å². The largest absolute Gasteiger partial charge is 1.00 e. The van der Waals surface area contributed by atoms with Gasteiger partial charge in [0, 0.05) is 22.0 Å². The van der Waals surface area contributed by atoms with Crippen LogP contribution in [-0.2, 0) is 17.1 Å². The van der Waals surface area contributed by atoms with Gasteiger partial charge in [0.25, 0.3) is 0 Å². The fourth-order valence-electron chi connectivity index (χ4n) is 1.08. The summed E-state index contributed by atoms with van der Waals surface area (Å²) in [4.78, 5) is 0.545. The molecule has 0 N–H and O–H groups in total. The fraction of sp³-hybridized carbons (Fsp3) is 0.250. The van der Waals surface area contributed by atoms with E-state index in [1.807, 2.05) is 0 Å². The molecule has 1 rings (SSSR count). The second kappa shape index (κ2) is 6.56. The minimum Gasteiger partial charge on any atom is -0.449 e. The predicted octanol–water partition coefficient (Wildman–Crippen LogP) is -0.643. The molecule has 1 nitrogen and oxygen atoms in total. The second-order valence-electron chi connectivity index (χ2n) is 3.01. The van der Waals surface area contributed by atoms with Gasteiger partial charge in [-0.2, -0.15) is 0 Å². The molecule has 1 unspecified atom stereocenters. The Kier molecular flexibility index (Phi) is 6.94. The van der Waals surface area contributed by atoms with Crippen LogP contribution in [0.1, 0.15) is 5.56 Å². The van der Waals surface area contributed by atoms with Crippen LogP contribution in [0.2, 0.25) is 0 Å². The summed E-state index contributed by atoms with van der Waals surface area (Å²) in [6.07, 6.45) is 0.610. The zero-order valence-corrected chi connectivity index (χ0v) is 12.5. The third kappa shape index (κ3) is 6.23. The molecule has 0 aromatic heterocycles. The molecule has 78 valence electrons. The average molecular weight is 260 g/mol. The topological polar surface area (TPSA) is 17.1 Å². The Morgan fingerprint density at radius 2 is 1.67 bits per heavy atom. The van der Waals surface area contributed by atoms with Crippen LogP contribution in [0.5, 0.6) is 0 Å². The van der Waals surface area contributed by atoms with Crippen LogP contribution < -0.4 is 51.4 Å². The quantitative estimate of drug-likeness (QED) is 0.661. The van der Waals surface area contributed by atoms with Gasteiger partial charge in [-0.05, 0) is 12.1 Å². The van der Waals surface area contributed by atoms with Crippen molar-refractivity contribution < 1.29 is 68.5 Å². The van der Waals surface area contributed by atoms with Crippen molar-refractivity contribution in [2.24, 2.45) is 0 Å². The summed E-state index contributed by atoms with van der Waals surface area (Å²) >= 11 is 0.